The fourth-order valence-corrected chi connectivity index (χ4v) is 3.93. The molecule has 2 bridgehead atoms. The van der Waals surface area contributed by atoms with Crippen molar-refractivity contribution < 1.29 is 0 Å². The molecule has 3 fully saturated rings. The maximum absolute atomic E-state index is 5.95. The van der Waals surface area contributed by atoms with Crippen LogP contribution in [0.5, 0.6) is 0 Å². The van der Waals surface area contributed by atoms with Gasteiger partial charge in [0.2, 0.25) is 0 Å². The van der Waals surface area contributed by atoms with Crippen LogP contribution in [-0.4, -0.2) is 29.5 Å². The molecule has 20 heavy (non-hydrogen) atoms. The Kier molecular flexibility index (Phi) is 2.97. The summed E-state index contributed by atoms with van der Waals surface area (Å²) in [5.74, 6) is 1.42. The Balaban J connectivity index is 1.80. The third-order valence-electron chi connectivity index (χ3n) is 5.08. The van der Waals surface area contributed by atoms with Crippen molar-refractivity contribution >= 4 is 10.9 Å². The average Bonchev–Trinajstić information content (AvgIpc) is 2.54. The lowest BCUT2D eigenvalue weighted by Gasteiger charge is -2.44. The molecule has 2 aromatic rings. The topological polar surface area (TPSA) is 42.1 Å². The van der Waals surface area contributed by atoms with Crippen LogP contribution in [0, 0.1) is 5.92 Å². The highest BCUT2D eigenvalue weighted by Crippen LogP contribution is 2.39. The van der Waals surface area contributed by atoms with E-state index >= 15 is 0 Å². The zero-order chi connectivity index (χ0) is 13.5. The number of para-hydroxylation sites is 1. The van der Waals surface area contributed by atoms with E-state index in [1.165, 1.54) is 49.1 Å². The summed E-state index contributed by atoms with van der Waals surface area (Å²) in [6.07, 6.45) is 2.66. The molecule has 0 aliphatic carbocycles. The maximum Gasteiger partial charge on any atom is 0.0708 e. The summed E-state index contributed by atoms with van der Waals surface area (Å²) >= 11 is 0. The second kappa shape index (κ2) is 4.83. The molecule has 0 saturated carbocycles. The van der Waals surface area contributed by atoms with E-state index in [0.717, 1.165) is 11.4 Å². The van der Waals surface area contributed by atoms with Crippen molar-refractivity contribution in [2.24, 2.45) is 11.7 Å². The second-order valence-corrected chi connectivity index (χ2v) is 6.17. The first-order valence-corrected chi connectivity index (χ1v) is 7.66. The highest BCUT2D eigenvalue weighted by molar-refractivity contribution is 5.82. The van der Waals surface area contributed by atoms with Crippen molar-refractivity contribution in [1.82, 2.24) is 9.88 Å². The Labute approximate surface area is 119 Å². The van der Waals surface area contributed by atoms with Crippen molar-refractivity contribution in [3.8, 4) is 0 Å². The molecular formula is C17H21N3. The smallest absolute Gasteiger partial charge is 0.0708 e. The Morgan fingerprint density at radius 3 is 2.70 bits per heavy atom. The summed E-state index contributed by atoms with van der Waals surface area (Å²) < 4.78 is 0. The number of fused-ring (bicyclic) bond motifs is 4. The zero-order valence-corrected chi connectivity index (χ0v) is 11.8. The Morgan fingerprint density at radius 1 is 1.20 bits per heavy atom. The molecule has 3 heteroatoms. The fourth-order valence-electron chi connectivity index (χ4n) is 3.93. The minimum atomic E-state index is 0.594. The largest absolute Gasteiger partial charge is 0.326 e. The predicted octanol–water partition coefficient (Wildman–Crippen LogP) is 2.50. The number of pyridine rings is 1. The summed E-state index contributed by atoms with van der Waals surface area (Å²) in [7, 11) is 0. The van der Waals surface area contributed by atoms with Gasteiger partial charge in [0.25, 0.3) is 0 Å². The van der Waals surface area contributed by atoms with Gasteiger partial charge in [0.15, 0.2) is 0 Å². The monoisotopic (exact) mass is 267 g/mol. The van der Waals surface area contributed by atoms with Crippen LogP contribution in [0.15, 0.2) is 30.3 Å². The summed E-state index contributed by atoms with van der Waals surface area (Å²) in [6, 6.07) is 10.6. The number of nitrogens with zero attached hydrogens (tertiary/aromatic N) is 2. The molecular weight excluding hydrogens is 246 g/mol. The molecule has 1 aromatic carbocycles. The second-order valence-electron chi connectivity index (χ2n) is 6.17. The summed E-state index contributed by atoms with van der Waals surface area (Å²) in [6.45, 7) is 4.33. The molecule has 1 unspecified atom stereocenters. The lowest BCUT2D eigenvalue weighted by atomic mass is 9.77. The molecule has 1 atom stereocenters. The standard InChI is InChI=1S/C17H21N3/c18-10-13-9-17(19-16-4-2-1-3-14(13)16)15-11-20-7-5-12(15)6-8-20/h1-4,9,12,15H,5-8,10-11,18H2. The van der Waals surface area contributed by atoms with E-state index in [9.17, 15) is 0 Å². The van der Waals surface area contributed by atoms with Crippen LogP contribution < -0.4 is 5.73 Å². The van der Waals surface area contributed by atoms with Crippen molar-refractivity contribution in [2.45, 2.75) is 25.3 Å². The van der Waals surface area contributed by atoms with Gasteiger partial charge in [-0.3, -0.25) is 4.98 Å². The van der Waals surface area contributed by atoms with Gasteiger partial charge in [-0.1, -0.05) is 18.2 Å². The number of nitrogens with two attached hydrogens (primary N) is 1. The first-order valence-electron chi connectivity index (χ1n) is 7.66. The summed E-state index contributed by atoms with van der Waals surface area (Å²) in [5, 5.41) is 1.21. The zero-order valence-electron chi connectivity index (χ0n) is 11.8. The predicted molar refractivity (Wildman–Crippen MR) is 81.5 cm³/mol. The van der Waals surface area contributed by atoms with Crippen molar-refractivity contribution in [3.63, 3.8) is 0 Å². The number of aromatic nitrogens is 1. The molecule has 3 aliphatic rings. The lowest BCUT2D eigenvalue weighted by molar-refractivity contribution is 0.0855. The maximum atomic E-state index is 5.95. The van der Waals surface area contributed by atoms with Gasteiger partial charge in [-0.25, -0.2) is 0 Å². The molecule has 0 radical (unpaired) electrons. The van der Waals surface area contributed by atoms with Gasteiger partial charge < -0.3 is 10.6 Å². The van der Waals surface area contributed by atoms with E-state index in [4.69, 9.17) is 10.7 Å². The molecule has 1 aromatic heterocycles. The Morgan fingerprint density at radius 2 is 2.00 bits per heavy atom. The average molecular weight is 267 g/mol. The molecule has 0 amide bonds. The van der Waals surface area contributed by atoms with E-state index in [1.807, 2.05) is 0 Å². The summed E-state index contributed by atoms with van der Waals surface area (Å²) in [5.41, 5.74) is 9.55. The third-order valence-corrected chi connectivity index (χ3v) is 5.08. The van der Waals surface area contributed by atoms with Crippen molar-refractivity contribution in [1.29, 1.82) is 0 Å². The highest BCUT2D eigenvalue weighted by atomic mass is 15.1. The Bertz CT molecular complexity index is 629. The van der Waals surface area contributed by atoms with Gasteiger partial charge in [0.05, 0.1) is 5.52 Å². The highest BCUT2D eigenvalue weighted by Gasteiger charge is 2.35. The van der Waals surface area contributed by atoms with E-state index in [2.05, 4.69) is 35.2 Å². The van der Waals surface area contributed by atoms with Crippen LogP contribution in [0.1, 0.15) is 30.0 Å². The minimum Gasteiger partial charge on any atom is -0.326 e. The normalized spacial score (nSPS) is 28.9. The molecule has 3 nitrogen and oxygen atoms in total. The van der Waals surface area contributed by atoms with Crippen LogP contribution in [-0.2, 0) is 6.54 Å². The molecule has 5 rings (SSSR count). The number of hydrogen-bond donors (Lipinski definition) is 1. The van der Waals surface area contributed by atoms with Crippen LogP contribution in [0.25, 0.3) is 10.9 Å². The third kappa shape index (κ3) is 1.93. The van der Waals surface area contributed by atoms with Crippen molar-refractivity contribution in [3.05, 3.63) is 41.6 Å². The molecule has 3 saturated heterocycles. The van der Waals surface area contributed by atoms with Crippen LogP contribution >= 0.6 is 0 Å². The van der Waals surface area contributed by atoms with E-state index in [-0.39, 0.29) is 0 Å². The first kappa shape index (κ1) is 12.3. The van der Waals surface area contributed by atoms with Gasteiger partial charge in [0, 0.05) is 30.1 Å². The molecule has 4 heterocycles. The number of hydrogen-bond acceptors (Lipinski definition) is 3. The van der Waals surface area contributed by atoms with Gasteiger partial charge in [-0.05, 0) is 49.5 Å². The lowest BCUT2D eigenvalue weighted by Crippen LogP contribution is -2.46. The fraction of sp³-hybridized carbons (Fsp3) is 0.471. The van der Waals surface area contributed by atoms with Gasteiger partial charge >= 0.3 is 0 Å². The van der Waals surface area contributed by atoms with Crippen molar-refractivity contribution in [2.75, 3.05) is 19.6 Å². The quantitative estimate of drug-likeness (QED) is 0.909. The molecule has 0 spiro atoms. The molecule has 3 aliphatic heterocycles. The van der Waals surface area contributed by atoms with E-state index in [0.29, 0.717) is 12.5 Å². The number of piperidine rings is 3. The molecule has 2 N–H and O–H groups in total. The van der Waals surface area contributed by atoms with Gasteiger partial charge in [0.1, 0.15) is 0 Å². The SMILES string of the molecule is NCc1cc(C2CN3CCC2CC3)nc2ccccc12. The van der Waals surface area contributed by atoms with Gasteiger partial charge in [-0.2, -0.15) is 0 Å². The van der Waals surface area contributed by atoms with Crippen LogP contribution in [0.2, 0.25) is 0 Å². The number of benzene rings is 1. The van der Waals surface area contributed by atoms with Crippen LogP contribution in [0.3, 0.4) is 0 Å². The van der Waals surface area contributed by atoms with E-state index < -0.39 is 0 Å². The van der Waals surface area contributed by atoms with Crippen LogP contribution in [0.4, 0.5) is 0 Å². The summed E-state index contributed by atoms with van der Waals surface area (Å²) in [4.78, 5) is 7.53. The van der Waals surface area contributed by atoms with Gasteiger partial charge in [-0.15, -0.1) is 0 Å². The van der Waals surface area contributed by atoms with E-state index in [1.54, 1.807) is 0 Å². The first-order chi connectivity index (χ1) is 9.85. The Hall–Kier alpha value is -1.45. The number of rotatable bonds is 2. The minimum absolute atomic E-state index is 0.594. The molecule has 104 valence electrons.